The maximum Gasteiger partial charge on any atom is 0.408 e. The Labute approximate surface area is 483 Å². The summed E-state index contributed by atoms with van der Waals surface area (Å²) >= 11 is 0. The van der Waals surface area contributed by atoms with E-state index in [-0.39, 0.29) is 73.2 Å². The van der Waals surface area contributed by atoms with Gasteiger partial charge in [-0.2, -0.15) is 0 Å². The first-order valence-electron chi connectivity index (χ1n) is 28.1. The van der Waals surface area contributed by atoms with Gasteiger partial charge in [0.1, 0.15) is 36.2 Å². The van der Waals surface area contributed by atoms with Gasteiger partial charge in [-0.15, -0.1) is 0 Å². The first-order chi connectivity index (χ1) is 39.9. The van der Waals surface area contributed by atoms with E-state index in [0.717, 1.165) is 11.5 Å². The fraction of sp³-hybridized carbons (Fsp3) is 0.508. The minimum atomic E-state index is -2.52. The Kier molecular flexibility index (Phi) is 17.7. The SMILES string of the molecule is CC(=O)O[C@@]12CO[C@@H]1C[C@H](O)C1(C)C(=O)[C@H](OC(=O)NCCCCCn3c(=O)c(C)cn([C@H]4C[C@H](O)[C@@H](CO)O4)c3=O)C3=C(C)[C@@H](OC(=O)[C@H](O)[C@@H](NC(=O)c4ccccc4)c4ccccc4)C[C@@](O)([C@@H](OC(=O)c4ccccc4)[C@@H]12)C3(C)C. The predicted molar refractivity (Wildman–Crippen MR) is 296 cm³/mol. The van der Waals surface area contributed by atoms with Crippen LogP contribution >= 0.6 is 0 Å². The second kappa shape index (κ2) is 24.3. The van der Waals surface area contributed by atoms with Crippen LogP contribution in [0.3, 0.4) is 0 Å². The Hall–Kier alpha value is -7.38. The molecular formula is C61H72N4O19. The third-order valence-corrected chi connectivity index (χ3v) is 17.8. The molecular weight excluding hydrogens is 1090 g/mol. The van der Waals surface area contributed by atoms with Crippen molar-refractivity contribution in [3.63, 3.8) is 0 Å². The summed E-state index contributed by atoms with van der Waals surface area (Å²) in [6.45, 7) is 7.61. The van der Waals surface area contributed by atoms with Crippen LogP contribution in [0.15, 0.2) is 118 Å². The molecule has 4 aromatic rings. The second-order valence-electron chi connectivity index (χ2n) is 23.2. The zero-order valence-electron chi connectivity index (χ0n) is 47.5. The fourth-order valence-corrected chi connectivity index (χ4v) is 13.1. The van der Waals surface area contributed by atoms with Crippen molar-refractivity contribution in [3.05, 3.63) is 151 Å². The molecule has 23 nitrogen and oxygen atoms in total. The molecule has 3 aromatic carbocycles. The van der Waals surface area contributed by atoms with Gasteiger partial charge in [0.05, 0.1) is 48.4 Å². The highest BCUT2D eigenvalue weighted by molar-refractivity contribution is 5.96. The van der Waals surface area contributed by atoms with Crippen molar-refractivity contribution in [2.75, 3.05) is 19.8 Å². The molecule has 3 heterocycles. The molecule has 2 saturated carbocycles. The Balaban J connectivity index is 1.06. The number of benzene rings is 3. The number of rotatable bonds is 18. The average Bonchev–Trinajstić information content (AvgIpc) is 0.738. The highest BCUT2D eigenvalue weighted by atomic mass is 16.6. The van der Waals surface area contributed by atoms with E-state index in [2.05, 4.69) is 10.6 Å². The van der Waals surface area contributed by atoms with E-state index in [0.29, 0.717) is 12.0 Å². The monoisotopic (exact) mass is 1160 g/mol. The van der Waals surface area contributed by atoms with E-state index in [1.54, 1.807) is 78.9 Å². The van der Waals surface area contributed by atoms with Gasteiger partial charge in [0.25, 0.3) is 11.5 Å². The minimum absolute atomic E-state index is 0.0189. The van der Waals surface area contributed by atoms with Crippen molar-refractivity contribution in [3.8, 4) is 0 Å². The molecule has 0 radical (unpaired) electrons. The molecule has 1 unspecified atom stereocenters. The number of carbonyl (C=O) groups excluding carboxylic acids is 6. The van der Waals surface area contributed by atoms with Gasteiger partial charge in [0, 0.05) is 62.0 Å². The number of nitrogens with zero attached hydrogens (tertiary/aromatic N) is 2. The Morgan fingerprint density at radius 1 is 0.833 bits per heavy atom. The molecule has 14 atom stereocenters. The average molecular weight is 1170 g/mol. The first-order valence-corrected chi connectivity index (χ1v) is 28.1. The zero-order valence-corrected chi connectivity index (χ0v) is 47.5. The molecule has 84 heavy (non-hydrogen) atoms. The van der Waals surface area contributed by atoms with Crippen molar-refractivity contribution >= 4 is 35.7 Å². The normalized spacial score (nSPS) is 30.2. The van der Waals surface area contributed by atoms with Crippen LogP contribution < -0.4 is 21.9 Å². The lowest BCUT2D eigenvalue weighted by molar-refractivity contribution is -0.345. The molecule has 1 aromatic heterocycles. The number of Topliss-reactive ketones (excluding diaryl/α,β-unsaturated/α-hetero) is 1. The van der Waals surface area contributed by atoms with Crippen LogP contribution in [0, 0.1) is 23.7 Å². The maximum absolute atomic E-state index is 16.2. The van der Waals surface area contributed by atoms with Crippen molar-refractivity contribution < 1.29 is 82.7 Å². The van der Waals surface area contributed by atoms with Crippen molar-refractivity contribution in [2.45, 2.75) is 159 Å². The molecule has 450 valence electrons. The van der Waals surface area contributed by atoms with E-state index in [1.165, 1.54) is 57.5 Å². The summed E-state index contributed by atoms with van der Waals surface area (Å²) in [5.41, 5.74) is -8.86. The van der Waals surface area contributed by atoms with Gasteiger partial charge in [0.15, 0.2) is 23.6 Å². The summed E-state index contributed by atoms with van der Waals surface area (Å²) in [4.78, 5) is 113. The van der Waals surface area contributed by atoms with Gasteiger partial charge in [-0.25, -0.2) is 19.2 Å². The summed E-state index contributed by atoms with van der Waals surface area (Å²) in [6.07, 6.45) is -13.1. The Bertz CT molecular complexity index is 3300. The predicted octanol–water partition coefficient (Wildman–Crippen LogP) is 3.04. The number of alkyl carbamates (subject to hydrolysis) is 1. The minimum Gasteiger partial charge on any atom is -0.456 e. The number of unbranched alkanes of at least 4 members (excludes halogenated alkanes) is 2. The molecule has 2 amide bonds. The summed E-state index contributed by atoms with van der Waals surface area (Å²) < 4.78 is 39.0. The quantitative estimate of drug-likeness (QED) is 0.0326. The number of amides is 2. The van der Waals surface area contributed by atoms with Crippen molar-refractivity contribution in [2.24, 2.45) is 16.7 Å². The number of carbonyl (C=O) groups is 6. The number of ether oxygens (including phenoxy) is 6. The number of hydrogen-bond donors (Lipinski definition) is 7. The number of aliphatic hydroxyl groups excluding tert-OH is 4. The molecule has 9 rings (SSSR count). The molecule has 3 aliphatic carbocycles. The van der Waals surface area contributed by atoms with Crippen molar-refractivity contribution in [1.82, 2.24) is 19.8 Å². The molecule has 2 aliphatic heterocycles. The van der Waals surface area contributed by atoms with Gasteiger partial charge >= 0.3 is 29.7 Å². The third-order valence-electron chi connectivity index (χ3n) is 17.8. The molecule has 2 bridgehead atoms. The topological polar surface area (TPSA) is 327 Å². The molecule has 7 N–H and O–H groups in total. The van der Waals surface area contributed by atoms with Crippen LogP contribution in [0.1, 0.15) is 117 Å². The largest absolute Gasteiger partial charge is 0.456 e. The smallest absolute Gasteiger partial charge is 0.408 e. The number of fused-ring (bicyclic) bond motifs is 5. The fourth-order valence-electron chi connectivity index (χ4n) is 13.1. The van der Waals surface area contributed by atoms with Crippen LogP contribution in [-0.4, -0.2) is 150 Å². The summed E-state index contributed by atoms with van der Waals surface area (Å²) in [5, 5.41) is 63.8. The lowest BCUT2D eigenvalue weighted by Gasteiger charge is -2.67. The molecule has 0 spiro atoms. The Morgan fingerprint density at radius 2 is 1.48 bits per heavy atom. The van der Waals surface area contributed by atoms with Gasteiger partial charge in [-0.05, 0) is 81.0 Å². The molecule has 5 aliphatic rings. The lowest BCUT2D eigenvalue weighted by Crippen LogP contribution is -2.82. The van der Waals surface area contributed by atoms with Crippen LogP contribution in [-0.2, 0) is 49.3 Å². The third kappa shape index (κ3) is 11.1. The summed E-state index contributed by atoms with van der Waals surface area (Å²) in [6, 6.07) is 22.5. The van der Waals surface area contributed by atoms with Crippen LogP contribution in [0.25, 0.3) is 0 Å². The number of aryl methyl sites for hydroxylation is 1. The zero-order chi connectivity index (χ0) is 60.6. The highest BCUT2D eigenvalue weighted by Gasteiger charge is 2.78. The lowest BCUT2D eigenvalue weighted by atomic mass is 9.44. The second-order valence-corrected chi connectivity index (χ2v) is 23.2. The number of aromatic nitrogens is 2. The molecule has 4 fully saturated rings. The van der Waals surface area contributed by atoms with Crippen LogP contribution in [0.4, 0.5) is 4.79 Å². The van der Waals surface area contributed by atoms with Gasteiger partial charge in [0.2, 0.25) is 0 Å². The number of aliphatic hydroxyl groups is 5. The highest BCUT2D eigenvalue weighted by Crippen LogP contribution is 2.64. The summed E-state index contributed by atoms with van der Waals surface area (Å²) in [7, 11) is 0. The number of nitrogens with one attached hydrogen (secondary N) is 2. The summed E-state index contributed by atoms with van der Waals surface area (Å²) in [5.74, 6) is -6.39. The number of esters is 3. The standard InChI is InChI=1S/C61H72N4O19/c1-33-30-65(44-27-39(68)41(31-66)80-44)57(77)64(53(33)73)26-18-10-17-25-62-56(76)82-48-45-34(2)40(81-55(75)47(70)46(36-19-11-7-12-20-36)63-52(72)37-21-13-8-14-22-37)29-61(78,58(45,4)5)51(83-54(74)38-23-15-9-16-24-38)49-59(6,50(48)71)42(69)28-43-60(49,32-79-43)84-35(3)67/h7-9,11-16,19-24,30,39-44,46-49,51,66,68-70,78H,10,17-18,25-29,31-32H2,1-6H3,(H,62,76)(H,63,72)/t39-,40-,41+,42-,43+,44+,46-,47+,48+,49-,51-,59?,60-,61+/m0/s1. The van der Waals surface area contributed by atoms with Crippen LogP contribution in [0.2, 0.25) is 0 Å². The number of ketones is 1. The van der Waals surface area contributed by atoms with E-state index in [1.807, 2.05) is 0 Å². The van der Waals surface area contributed by atoms with Gasteiger partial charge in [-0.1, -0.05) is 80.6 Å². The molecule has 23 heteroatoms. The maximum atomic E-state index is 16.2. The molecule has 2 saturated heterocycles. The first kappa shape index (κ1) is 61.2. The van der Waals surface area contributed by atoms with E-state index >= 15 is 4.79 Å². The van der Waals surface area contributed by atoms with Gasteiger partial charge < -0.3 is 64.6 Å². The van der Waals surface area contributed by atoms with E-state index in [4.69, 9.17) is 28.4 Å². The number of hydrogen-bond acceptors (Lipinski definition) is 19. The van der Waals surface area contributed by atoms with Crippen LogP contribution in [0.5, 0.6) is 0 Å². The van der Waals surface area contributed by atoms with Gasteiger partial charge in [-0.3, -0.25) is 28.3 Å². The van der Waals surface area contributed by atoms with E-state index in [9.17, 15) is 59.1 Å². The Morgan fingerprint density at radius 3 is 2.08 bits per heavy atom. The van der Waals surface area contributed by atoms with Crippen molar-refractivity contribution in [1.29, 1.82) is 0 Å². The van der Waals surface area contributed by atoms with E-state index < -0.39 is 149 Å².